The highest BCUT2D eigenvalue weighted by Crippen LogP contribution is 2.35. The van der Waals surface area contributed by atoms with Crippen LogP contribution in [0.1, 0.15) is 12.5 Å². The largest absolute Gasteiger partial charge is 0.354 e. The molecule has 0 bridgehead atoms. The van der Waals surface area contributed by atoms with Crippen molar-refractivity contribution in [3.8, 4) is 0 Å². The first-order valence-corrected chi connectivity index (χ1v) is 6.64. The van der Waals surface area contributed by atoms with Gasteiger partial charge in [0.25, 0.3) is 0 Å². The molecular formula is C15H20FNO3. The van der Waals surface area contributed by atoms with E-state index < -0.39 is 24.4 Å². The Hall–Kier alpha value is -1.46. The molecule has 20 heavy (non-hydrogen) atoms. The molecule has 0 spiro atoms. The molecule has 110 valence electrons. The molecule has 0 saturated carbocycles. The number of benzene rings is 1. The summed E-state index contributed by atoms with van der Waals surface area (Å²) < 4.78 is 24.1. The van der Waals surface area contributed by atoms with E-state index in [1.165, 1.54) is 21.1 Å². The van der Waals surface area contributed by atoms with Gasteiger partial charge >= 0.3 is 0 Å². The maximum Gasteiger partial charge on any atom is 0.231 e. The standard InChI is InChI=1S/C15H20FNO3/c1-10(16)12-13(15(19-2)20-3)17(14(12)18)9-11-7-5-4-6-8-11/h4-8,10,12-13,15H,9H2,1-3H3/t10-,12-,13+/m1/s1. The van der Waals surface area contributed by atoms with Crippen molar-refractivity contribution < 1.29 is 18.7 Å². The number of nitrogens with zero attached hydrogens (tertiary/aromatic N) is 1. The number of β-lactam (4-membered cyclic amide) rings is 1. The van der Waals surface area contributed by atoms with Gasteiger partial charge in [-0.3, -0.25) is 4.79 Å². The lowest BCUT2D eigenvalue weighted by atomic mass is 9.83. The van der Waals surface area contributed by atoms with E-state index in [2.05, 4.69) is 0 Å². The number of ether oxygens (including phenoxy) is 2. The predicted octanol–water partition coefficient (Wildman–Crippen LogP) is 1.99. The summed E-state index contributed by atoms with van der Waals surface area (Å²) in [5, 5.41) is 0. The third kappa shape index (κ3) is 2.69. The van der Waals surface area contributed by atoms with E-state index in [4.69, 9.17) is 9.47 Å². The summed E-state index contributed by atoms with van der Waals surface area (Å²) in [6.07, 6.45) is -1.83. The van der Waals surface area contributed by atoms with Crippen LogP contribution in [-0.2, 0) is 20.8 Å². The van der Waals surface area contributed by atoms with Gasteiger partial charge in [0.2, 0.25) is 5.91 Å². The Morgan fingerprint density at radius 1 is 1.25 bits per heavy atom. The molecule has 1 aliphatic heterocycles. The zero-order chi connectivity index (χ0) is 14.7. The lowest BCUT2D eigenvalue weighted by Crippen LogP contribution is -2.67. The molecule has 0 aliphatic carbocycles. The average molecular weight is 281 g/mol. The molecule has 1 aromatic carbocycles. The number of hydrogen-bond acceptors (Lipinski definition) is 3. The number of likely N-dealkylation sites (tertiary alicyclic amines) is 1. The van der Waals surface area contributed by atoms with Crippen LogP contribution >= 0.6 is 0 Å². The maximum atomic E-state index is 13.6. The number of hydrogen-bond donors (Lipinski definition) is 0. The molecule has 1 heterocycles. The van der Waals surface area contributed by atoms with E-state index in [9.17, 15) is 9.18 Å². The highest BCUT2D eigenvalue weighted by molar-refractivity contribution is 5.86. The third-order valence-electron chi connectivity index (χ3n) is 3.73. The van der Waals surface area contributed by atoms with Gasteiger partial charge in [-0.05, 0) is 12.5 Å². The van der Waals surface area contributed by atoms with Gasteiger partial charge in [0.05, 0.1) is 12.0 Å². The second-order valence-electron chi connectivity index (χ2n) is 4.99. The number of rotatable bonds is 6. The first kappa shape index (κ1) is 14.9. The van der Waals surface area contributed by atoms with Crippen molar-refractivity contribution in [2.24, 2.45) is 5.92 Å². The number of amides is 1. The topological polar surface area (TPSA) is 38.8 Å². The van der Waals surface area contributed by atoms with Crippen molar-refractivity contribution in [1.29, 1.82) is 0 Å². The van der Waals surface area contributed by atoms with Crippen LogP contribution in [0, 0.1) is 5.92 Å². The second kappa shape index (κ2) is 6.33. The van der Waals surface area contributed by atoms with E-state index in [0.29, 0.717) is 6.54 Å². The van der Waals surface area contributed by atoms with Gasteiger partial charge in [-0.25, -0.2) is 4.39 Å². The minimum absolute atomic E-state index is 0.187. The van der Waals surface area contributed by atoms with E-state index in [0.717, 1.165) is 5.56 Å². The van der Waals surface area contributed by atoms with Crippen molar-refractivity contribution >= 4 is 5.91 Å². The lowest BCUT2D eigenvalue weighted by Gasteiger charge is -2.50. The van der Waals surface area contributed by atoms with Crippen LogP contribution < -0.4 is 0 Å². The molecular weight excluding hydrogens is 261 g/mol. The van der Waals surface area contributed by atoms with Crippen molar-refractivity contribution in [1.82, 2.24) is 4.90 Å². The van der Waals surface area contributed by atoms with Crippen LogP contribution in [0.4, 0.5) is 4.39 Å². The summed E-state index contributed by atoms with van der Waals surface area (Å²) in [5.41, 5.74) is 1.00. The molecule has 1 aromatic rings. The van der Waals surface area contributed by atoms with E-state index >= 15 is 0 Å². The first-order chi connectivity index (χ1) is 9.60. The number of methoxy groups -OCH3 is 2. The van der Waals surface area contributed by atoms with Gasteiger partial charge in [0, 0.05) is 20.8 Å². The van der Waals surface area contributed by atoms with Crippen LogP contribution in [0.5, 0.6) is 0 Å². The summed E-state index contributed by atoms with van der Waals surface area (Å²) in [6.45, 7) is 1.84. The van der Waals surface area contributed by atoms with Gasteiger partial charge in [0.1, 0.15) is 6.17 Å². The molecule has 1 saturated heterocycles. The lowest BCUT2D eigenvalue weighted by molar-refractivity contribution is -0.210. The Morgan fingerprint density at radius 3 is 2.35 bits per heavy atom. The van der Waals surface area contributed by atoms with E-state index in [1.54, 1.807) is 4.90 Å². The van der Waals surface area contributed by atoms with Crippen molar-refractivity contribution in [2.75, 3.05) is 14.2 Å². The minimum Gasteiger partial charge on any atom is -0.354 e. The zero-order valence-electron chi connectivity index (χ0n) is 12.0. The molecule has 4 nitrogen and oxygen atoms in total. The van der Waals surface area contributed by atoms with E-state index in [1.807, 2.05) is 30.3 Å². The van der Waals surface area contributed by atoms with E-state index in [-0.39, 0.29) is 5.91 Å². The van der Waals surface area contributed by atoms with Crippen molar-refractivity contribution in [3.63, 3.8) is 0 Å². The quantitative estimate of drug-likeness (QED) is 0.591. The van der Waals surface area contributed by atoms with Crippen molar-refractivity contribution in [2.45, 2.75) is 32.0 Å². The van der Waals surface area contributed by atoms with Crippen LogP contribution in [-0.4, -0.2) is 43.5 Å². The Bertz CT molecular complexity index is 448. The number of halogens is 1. The Balaban J connectivity index is 2.16. The maximum absolute atomic E-state index is 13.6. The molecule has 1 fully saturated rings. The summed E-state index contributed by atoms with van der Waals surface area (Å²) in [5.74, 6) is -0.878. The van der Waals surface area contributed by atoms with Gasteiger partial charge in [-0.2, -0.15) is 0 Å². The molecule has 1 aliphatic rings. The van der Waals surface area contributed by atoms with Crippen LogP contribution in [0.25, 0.3) is 0 Å². The average Bonchev–Trinajstić information content (AvgIpc) is 2.45. The van der Waals surface area contributed by atoms with Crippen LogP contribution in [0.15, 0.2) is 30.3 Å². The summed E-state index contributed by atoms with van der Waals surface area (Å²) in [6, 6.07) is 9.22. The highest BCUT2D eigenvalue weighted by Gasteiger charge is 2.54. The number of alkyl halides is 1. The van der Waals surface area contributed by atoms with Gasteiger partial charge < -0.3 is 14.4 Å². The molecule has 1 amide bonds. The molecule has 0 radical (unpaired) electrons. The fourth-order valence-electron chi connectivity index (χ4n) is 2.72. The highest BCUT2D eigenvalue weighted by atomic mass is 19.1. The normalized spacial score (nSPS) is 23.9. The molecule has 0 aromatic heterocycles. The minimum atomic E-state index is -1.22. The molecule has 2 rings (SSSR count). The van der Waals surface area contributed by atoms with Gasteiger partial charge in [-0.1, -0.05) is 30.3 Å². The Labute approximate surface area is 118 Å². The molecule has 3 atom stereocenters. The van der Waals surface area contributed by atoms with Crippen LogP contribution in [0.2, 0.25) is 0 Å². The first-order valence-electron chi connectivity index (χ1n) is 6.64. The zero-order valence-corrected chi connectivity index (χ0v) is 12.0. The molecule has 0 unspecified atom stereocenters. The third-order valence-corrected chi connectivity index (χ3v) is 3.73. The van der Waals surface area contributed by atoms with Crippen LogP contribution in [0.3, 0.4) is 0 Å². The monoisotopic (exact) mass is 281 g/mol. The fraction of sp³-hybridized carbons (Fsp3) is 0.533. The summed E-state index contributed by atoms with van der Waals surface area (Å²) >= 11 is 0. The summed E-state index contributed by atoms with van der Waals surface area (Å²) in [7, 11) is 3.00. The number of carbonyl (C=O) groups excluding carboxylic acids is 1. The Kier molecular flexibility index (Phi) is 4.73. The second-order valence-corrected chi connectivity index (χ2v) is 4.99. The van der Waals surface area contributed by atoms with Gasteiger partial charge in [-0.15, -0.1) is 0 Å². The number of carbonyl (C=O) groups is 1. The predicted molar refractivity (Wildman–Crippen MR) is 72.6 cm³/mol. The summed E-state index contributed by atoms with van der Waals surface area (Å²) in [4.78, 5) is 13.7. The van der Waals surface area contributed by atoms with Gasteiger partial charge in [0.15, 0.2) is 6.29 Å². The molecule has 5 heteroatoms. The Morgan fingerprint density at radius 2 is 1.85 bits per heavy atom. The fourth-order valence-corrected chi connectivity index (χ4v) is 2.72. The SMILES string of the molecule is COC(OC)[C@@H]1[C@@H]([C@@H](C)F)C(=O)N1Cc1ccccc1. The smallest absolute Gasteiger partial charge is 0.231 e. The van der Waals surface area contributed by atoms with Crippen molar-refractivity contribution in [3.05, 3.63) is 35.9 Å². The molecule has 0 N–H and O–H groups in total.